The molecule has 39 heavy (non-hydrogen) atoms. The molecule has 0 aliphatic rings. The van der Waals surface area contributed by atoms with Crippen LogP contribution in [-0.2, 0) is 28.5 Å². The molecule has 0 radical (unpaired) electrons. The number of hydrogen-bond donors (Lipinski definition) is 2. The third kappa shape index (κ3) is 12.9. The van der Waals surface area contributed by atoms with Gasteiger partial charge in [0.1, 0.15) is 25.9 Å². The fraction of sp³-hybridized carbons (Fsp3) is 0.259. The molecule has 0 aliphatic carbocycles. The molecule has 210 valence electrons. The zero-order chi connectivity index (χ0) is 29.4. The van der Waals surface area contributed by atoms with Crippen LogP contribution < -0.4 is 0 Å². The molecule has 2 N–H and O–H groups in total. The van der Waals surface area contributed by atoms with Crippen molar-refractivity contribution < 1.29 is 48.3 Å². The number of esters is 4. The van der Waals surface area contributed by atoms with Crippen molar-refractivity contribution in [3.63, 3.8) is 0 Å². The normalized spacial score (nSPS) is 11.5. The lowest BCUT2D eigenvalue weighted by Gasteiger charge is -2.15. The van der Waals surface area contributed by atoms with Crippen molar-refractivity contribution >= 4 is 55.7 Å². The monoisotopic (exact) mass is 670 g/mol. The van der Waals surface area contributed by atoms with Crippen LogP contribution in [0.2, 0.25) is 0 Å². The van der Waals surface area contributed by atoms with E-state index in [1.54, 1.807) is 48.5 Å². The van der Waals surface area contributed by atoms with Gasteiger partial charge >= 0.3 is 23.9 Å². The van der Waals surface area contributed by atoms with Crippen molar-refractivity contribution in [2.45, 2.75) is 19.1 Å². The molecule has 2 rings (SSSR count). The molecule has 2 unspecified atom stereocenters. The largest absolute Gasteiger partial charge is 0.459 e. The highest BCUT2D eigenvalue weighted by molar-refractivity contribution is 9.10. The third-order valence-electron chi connectivity index (χ3n) is 4.41. The molecule has 0 amide bonds. The van der Waals surface area contributed by atoms with Crippen LogP contribution in [-0.4, -0.2) is 72.7 Å². The molecule has 0 spiro atoms. The second-order valence-corrected chi connectivity index (χ2v) is 9.34. The van der Waals surface area contributed by atoms with Gasteiger partial charge in [-0.1, -0.05) is 37.4 Å². The average Bonchev–Trinajstić information content (AvgIpc) is 2.92. The molecule has 12 heteroatoms. The maximum Gasteiger partial charge on any atom is 0.339 e. The molecule has 0 heterocycles. The summed E-state index contributed by atoms with van der Waals surface area (Å²) in [6.45, 7) is 6.96. The molecule has 10 nitrogen and oxygen atoms in total. The number of benzene rings is 2. The minimum Gasteiger partial charge on any atom is -0.459 e. The first-order valence-electron chi connectivity index (χ1n) is 11.3. The highest BCUT2D eigenvalue weighted by atomic mass is 79.9. The van der Waals surface area contributed by atoms with E-state index in [1.807, 2.05) is 0 Å². The Morgan fingerprint density at radius 3 is 1.87 bits per heavy atom. The summed E-state index contributed by atoms with van der Waals surface area (Å²) in [4.78, 5) is 45.5. The second-order valence-electron chi connectivity index (χ2n) is 7.63. The molecule has 0 bridgehead atoms. The van der Waals surface area contributed by atoms with Gasteiger partial charge in [0.25, 0.3) is 0 Å². The Kier molecular flexibility index (Phi) is 15.6. The summed E-state index contributed by atoms with van der Waals surface area (Å²) >= 11 is 6.45. The first-order chi connectivity index (χ1) is 18.5. The van der Waals surface area contributed by atoms with Gasteiger partial charge in [-0.25, -0.2) is 19.2 Å². The van der Waals surface area contributed by atoms with Crippen molar-refractivity contribution in [2.75, 3.05) is 26.4 Å². The van der Waals surface area contributed by atoms with Crippen LogP contribution in [0.5, 0.6) is 0 Å². The maximum absolute atomic E-state index is 11.8. The number of carbonyl (C=O) groups excluding carboxylic acids is 4. The molecule has 2 atom stereocenters. The first kappa shape index (κ1) is 33.7. The van der Waals surface area contributed by atoms with Crippen LogP contribution in [0.1, 0.15) is 27.6 Å². The minimum absolute atomic E-state index is 0.225. The number of ether oxygens (including phenoxy) is 4. The Bertz CT molecular complexity index is 1160. The Morgan fingerprint density at radius 1 is 0.872 bits per heavy atom. The van der Waals surface area contributed by atoms with E-state index >= 15 is 0 Å². The molecule has 2 aromatic carbocycles. The first-order valence-corrected chi connectivity index (χ1v) is 12.9. The Balaban J connectivity index is 0.000000391. The van der Waals surface area contributed by atoms with Gasteiger partial charge < -0.3 is 29.2 Å². The zero-order valence-electron chi connectivity index (χ0n) is 21.0. The SMILES string of the molecule is C=C(C)C(=O)OCC(O)COC(=O)c1ccccc1Br.C=CC(=O)OCC(CO)OC(=O)c1ccccc1Br. The molecule has 0 saturated heterocycles. The van der Waals surface area contributed by atoms with Gasteiger partial charge in [-0.15, -0.1) is 0 Å². The van der Waals surface area contributed by atoms with Crippen molar-refractivity contribution in [2.24, 2.45) is 0 Å². The Hall–Kier alpha value is -3.32. The lowest BCUT2D eigenvalue weighted by Crippen LogP contribution is -2.28. The fourth-order valence-electron chi connectivity index (χ4n) is 2.42. The van der Waals surface area contributed by atoms with E-state index < -0.39 is 42.7 Å². The smallest absolute Gasteiger partial charge is 0.339 e. The van der Waals surface area contributed by atoms with Gasteiger partial charge in [-0.05, 0) is 63.0 Å². The van der Waals surface area contributed by atoms with Crippen LogP contribution >= 0.6 is 31.9 Å². The number of halogens is 2. The van der Waals surface area contributed by atoms with E-state index in [9.17, 15) is 24.3 Å². The van der Waals surface area contributed by atoms with Gasteiger partial charge in [0.05, 0.1) is 17.7 Å². The Morgan fingerprint density at radius 2 is 1.38 bits per heavy atom. The van der Waals surface area contributed by atoms with E-state index in [1.165, 1.54) is 6.92 Å². The number of aliphatic hydroxyl groups excluding tert-OH is 2. The fourth-order valence-corrected chi connectivity index (χ4v) is 3.31. The van der Waals surface area contributed by atoms with Crippen LogP contribution in [0.3, 0.4) is 0 Å². The number of hydrogen-bond acceptors (Lipinski definition) is 10. The average molecular weight is 672 g/mol. The van der Waals surface area contributed by atoms with E-state index in [-0.39, 0.29) is 25.4 Å². The lowest BCUT2D eigenvalue weighted by atomic mass is 10.2. The van der Waals surface area contributed by atoms with Crippen molar-refractivity contribution in [3.8, 4) is 0 Å². The summed E-state index contributed by atoms with van der Waals surface area (Å²) in [5.41, 5.74) is 0.928. The van der Waals surface area contributed by atoms with Gasteiger partial charge in [0.2, 0.25) is 0 Å². The van der Waals surface area contributed by atoms with Gasteiger partial charge in [0.15, 0.2) is 6.10 Å². The van der Waals surface area contributed by atoms with Crippen LogP contribution in [0.15, 0.2) is 82.3 Å². The second kappa shape index (κ2) is 18.1. The highest BCUT2D eigenvalue weighted by Gasteiger charge is 2.18. The van der Waals surface area contributed by atoms with Crippen LogP contribution in [0.4, 0.5) is 0 Å². The van der Waals surface area contributed by atoms with Gasteiger partial charge in [0, 0.05) is 20.6 Å². The Labute approximate surface area is 242 Å². The number of rotatable bonds is 12. The van der Waals surface area contributed by atoms with Crippen LogP contribution in [0, 0.1) is 0 Å². The van der Waals surface area contributed by atoms with E-state index in [0.29, 0.717) is 20.1 Å². The zero-order valence-corrected chi connectivity index (χ0v) is 24.2. The van der Waals surface area contributed by atoms with E-state index in [0.717, 1.165) is 6.08 Å². The lowest BCUT2D eigenvalue weighted by molar-refractivity contribution is -0.143. The maximum atomic E-state index is 11.8. The third-order valence-corrected chi connectivity index (χ3v) is 5.79. The van der Waals surface area contributed by atoms with Gasteiger partial charge in [-0.3, -0.25) is 0 Å². The molecule has 0 aromatic heterocycles. The quantitative estimate of drug-likeness (QED) is 0.194. The van der Waals surface area contributed by atoms with Crippen molar-refractivity contribution in [1.29, 1.82) is 0 Å². The summed E-state index contributed by atoms with van der Waals surface area (Å²) in [5, 5.41) is 18.6. The summed E-state index contributed by atoms with van der Waals surface area (Å²) in [5.74, 6) is -2.42. The molecule has 0 fully saturated rings. The molecule has 0 aliphatic heterocycles. The van der Waals surface area contributed by atoms with Crippen molar-refractivity contribution in [3.05, 3.63) is 93.4 Å². The highest BCUT2D eigenvalue weighted by Crippen LogP contribution is 2.18. The van der Waals surface area contributed by atoms with Crippen molar-refractivity contribution in [1.82, 2.24) is 0 Å². The number of aliphatic hydroxyl groups is 2. The standard InChI is InChI=1S/C14H15BrO5.C13H13BrO5/c1-9(2)13(17)19-7-10(16)8-20-14(18)11-5-3-4-6-12(11)15;1-2-12(16)18-8-9(7-15)19-13(17)10-5-3-4-6-11(10)14/h3-6,10,16H,1,7-8H2,2H3;2-6,9,15H,1,7-8H2. The molecular weight excluding hydrogens is 644 g/mol. The summed E-state index contributed by atoms with van der Waals surface area (Å²) in [6, 6.07) is 13.5. The van der Waals surface area contributed by atoms with Gasteiger partial charge in [-0.2, -0.15) is 0 Å². The summed E-state index contributed by atoms with van der Waals surface area (Å²) < 4.78 is 20.6. The van der Waals surface area contributed by atoms with E-state index in [2.05, 4.69) is 45.0 Å². The number of carbonyl (C=O) groups is 4. The topological polar surface area (TPSA) is 146 Å². The molecule has 0 saturated carbocycles. The molecule has 2 aromatic rings. The van der Waals surface area contributed by atoms with E-state index in [4.69, 9.17) is 24.1 Å². The van der Waals surface area contributed by atoms with Crippen LogP contribution in [0.25, 0.3) is 0 Å². The predicted octanol–water partition coefficient (Wildman–Crippen LogP) is 3.78. The summed E-state index contributed by atoms with van der Waals surface area (Å²) in [6.07, 6.45) is -1.00. The molecular formula is C27H28Br2O10. The minimum atomic E-state index is -1.08. The summed E-state index contributed by atoms with van der Waals surface area (Å²) in [7, 11) is 0. The predicted molar refractivity (Wildman–Crippen MR) is 148 cm³/mol.